The fourth-order valence-electron chi connectivity index (χ4n) is 1.19. The molecule has 0 amide bonds. The summed E-state index contributed by atoms with van der Waals surface area (Å²) in [7, 11) is 3.88. The van der Waals surface area contributed by atoms with Gasteiger partial charge in [0.25, 0.3) is 0 Å². The minimum atomic E-state index is 0.797. The Bertz CT molecular complexity index is 321. The SMILES string of the molecule is Cc1cc(/C=N/O)cnc1N(C)C. The zero-order chi connectivity index (χ0) is 9.84. The van der Waals surface area contributed by atoms with Crippen LogP contribution in [0, 0.1) is 6.92 Å². The second kappa shape index (κ2) is 3.89. The molecule has 4 nitrogen and oxygen atoms in total. The van der Waals surface area contributed by atoms with Gasteiger partial charge in [-0.25, -0.2) is 4.98 Å². The fourth-order valence-corrected chi connectivity index (χ4v) is 1.19. The number of aryl methyl sites for hydroxylation is 1. The molecule has 0 aromatic carbocycles. The normalized spacial score (nSPS) is 10.7. The van der Waals surface area contributed by atoms with Crippen molar-refractivity contribution in [1.82, 2.24) is 4.98 Å². The van der Waals surface area contributed by atoms with Gasteiger partial charge in [-0.1, -0.05) is 5.16 Å². The summed E-state index contributed by atoms with van der Waals surface area (Å²) in [5.74, 6) is 0.926. The highest BCUT2D eigenvalue weighted by Crippen LogP contribution is 2.14. The predicted octanol–water partition coefficient (Wildman–Crippen LogP) is 1.26. The minimum absolute atomic E-state index is 0.797. The zero-order valence-corrected chi connectivity index (χ0v) is 8.02. The molecule has 0 saturated heterocycles. The van der Waals surface area contributed by atoms with E-state index in [0.717, 1.165) is 16.9 Å². The minimum Gasteiger partial charge on any atom is -0.411 e. The van der Waals surface area contributed by atoms with Crippen LogP contribution in [0.1, 0.15) is 11.1 Å². The topological polar surface area (TPSA) is 48.7 Å². The molecule has 0 saturated carbocycles. The van der Waals surface area contributed by atoms with Crippen LogP contribution in [0.3, 0.4) is 0 Å². The highest BCUT2D eigenvalue weighted by Gasteiger charge is 2.01. The van der Waals surface area contributed by atoms with Gasteiger partial charge in [0, 0.05) is 25.9 Å². The number of rotatable bonds is 2. The van der Waals surface area contributed by atoms with Gasteiger partial charge in [-0.3, -0.25) is 0 Å². The summed E-state index contributed by atoms with van der Waals surface area (Å²) in [6, 6.07) is 1.92. The van der Waals surface area contributed by atoms with Gasteiger partial charge in [0.2, 0.25) is 0 Å². The number of anilines is 1. The summed E-state index contributed by atoms with van der Waals surface area (Å²) >= 11 is 0. The average molecular weight is 179 g/mol. The molecule has 13 heavy (non-hydrogen) atoms. The van der Waals surface area contributed by atoms with Gasteiger partial charge in [0.05, 0.1) is 6.21 Å². The van der Waals surface area contributed by atoms with Gasteiger partial charge in [0.1, 0.15) is 5.82 Å². The van der Waals surface area contributed by atoms with Crippen molar-refractivity contribution in [1.29, 1.82) is 0 Å². The molecule has 0 fully saturated rings. The molecular weight excluding hydrogens is 166 g/mol. The van der Waals surface area contributed by atoms with Crippen molar-refractivity contribution >= 4 is 12.0 Å². The zero-order valence-electron chi connectivity index (χ0n) is 8.02. The quantitative estimate of drug-likeness (QED) is 0.422. The molecule has 0 aliphatic heterocycles. The summed E-state index contributed by atoms with van der Waals surface area (Å²) in [5.41, 5.74) is 1.85. The van der Waals surface area contributed by atoms with Gasteiger partial charge in [-0.05, 0) is 18.6 Å². The number of oxime groups is 1. The van der Waals surface area contributed by atoms with Gasteiger partial charge in [0.15, 0.2) is 0 Å². The van der Waals surface area contributed by atoms with Gasteiger partial charge < -0.3 is 10.1 Å². The molecule has 1 rings (SSSR count). The summed E-state index contributed by atoms with van der Waals surface area (Å²) in [6.07, 6.45) is 3.03. The number of hydrogen-bond acceptors (Lipinski definition) is 4. The monoisotopic (exact) mass is 179 g/mol. The van der Waals surface area contributed by atoms with E-state index in [4.69, 9.17) is 5.21 Å². The molecule has 1 heterocycles. The lowest BCUT2D eigenvalue weighted by Gasteiger charge is -2.13. The Morgan fingerprint density at radius 1 is 1.54 bits per heavy atom. The van der Waals surface area contributed by atoms with Gasteiger partial charge >= 0.3 is 0 Å². The number of aromatic nitrogens is 1. The molecule has 4 heteroatoms. The van der Waals surface area contributed by atoms with E-state index < -0.39 is 0 Å². The highest BCUT2D eigenvalue weighted by molar-refractivity contribution is 5.79. The molecule has 70 valence electrons. The smallest absolute Gasteiger partial charge is 0.130 e. The maximum absolute atomic E-state index is 8.32. The van der Waals surface area contributed by atoms with Crippen LogP contribution in [0.2, 0.25) is 0 Å². The first kappa shape index (κ1) is 9.51. The molecule has 1 aromatic heterocycles. The highest BCUT2D eigenvalue weighted by atomic mass is 16.4. The third-order valence-electron chi connectivity index (χ3n) is 1.70. The lowest BCUT2D eigenvalue weighted by atomic mass is 10.2. The third kappa shape index (κ3) is 2.18. The van der Waals surface area contributed by atoms with E-state index in [0.29, 0.717) is 0 Å². The van der Waals surface area contributed by atoms with E-state index in [1.165, 1.54) is 6.21 Å². The van der Waals surface area contributed by atoms with E-state index in [9.17, 15) is 0 Å². The van der Waals surface area contributed by atoms with Crippen molar-refractivity contribution in [2.75, 3.05) is 19.0 Å². The van der Waals surface area contributed by atoms with Crippen LogP contribution in [-0.2, 0) is 0 Å². The maximum Gasteiger partial charge on any atom is 0.130 e. The Labute approximate surface area is 77.5 Å². The lowest BCUT2D eigenvalue weighted by Crippen LogP contribution is -2.12. The van der Waals surface area contributed by atoms with Crippen molar-refractivity contribution in [2.24, 2.45) is 5.16 Å². The molecular formula is C9H13N3O. The molecule has 0 atom stereocenters. The summed E-state index contributed by atoms with van der Waals surface area (Å²) < 4.78 is 0. The number of nitrogens with zero attached hydrogens (tertiary/aromatic N) is 3. The van der Waals surface area contributed by atoms with Crippen LogP contribution in [0.4, 0.5) is 5.82 Å². The van der Waals surface area contributed by atoms with Crippen LogP contribution < -0.4 is 4.90 Å². The Balaban J connectivity index is 3.05. The summed E-state index contributed by atoms with van der Waals surface area (Å²) in [4.78, 5) is 6.16. The van der Waals surface area contributed by atoms with Gasteiger partial charge in [-0.15, -0.1) is 0 Å². The van der Waals surface area contributed by atoms with E-state index in [-0.39, 0.29) is 0 Å². The summed E-state index contributed by atoms with van der Waals surface area (Å²) in [6.45, 7) is 1.97. The van der Waals surface area contributed by atoms with E-state index in [2.05, 4.69) is 10.1 Å². The van der Waals surface area contributed by atoms with Crippen LogP contribution in [-0.4, -0.2) is 30.5 Å². The first-order chi connectivity index (χ1) is 6.15. The molecule has 0 aliphatic carbocycles. The average Bonchev–Trinajstić information content (AvgIpc) is 2.04. The van der Waals surface area contributed by atoms with Crippen molar-refractivity contribution < 1.29 is 5.21 Å². The number of pyridine rings is 1. The van der Waals surface area contributed by atoms with E-state index in [1.54, 1.807) is 6.20 Å². The maximum atomic E-state index is 8.32. The van der Waals surface area contributed by atoms with Crippen LogP contribution in [0.25, 0.3) is 0 Å². The molecule has 0 unspecified atom stereocenters. The molecule has 1 aromatic rings. The molecule has 0 spiro atoms. The van der Waals surface area contributed by atoms with Crippen molar-refractivity contribution in [2.45, 2.75) is 6.92 Å². The summed E-state index contributed by atoms with van der Waals surface area (Å²) in [5, 5.41) is 11.3. The molecule has 1 N–H and O–H groups in total. The second-order valence-electron chi connectivity index (χ2n) is 3.05. The number of hydrogen-bond donors (Lipinski definition) is 1. The van der Waals surface area contributed by atoms with Crippen LogP contribution in [0.15, 0.2) is 17.4 Å². The van der Waals surface area contributed by atoms with Crippen LogP contribution in [0.5, 0.6) is 0 Å². The Kier molecular flexibility index (Phi) is 2.84. The second-order valence-corrected chi connectivity index (χ2v) is 3.05. The Hall–Kier alpha value is -1.58. The Morgan fingerprint density at radius 2 is 2.23 bits per heavy atom. The first-order valence-electron chi connectivity index (χ1n) is 3.96. The third-order valence-corrected chi connectivity index (χ3v) is 1.70. The van der Waals surface area contributed by atoms with Crippen molar-refractivity contribution in [3.8, 4) is 0 Å². The van der Waals surface area contributed by atoms with Crippen LogP contribution >= 0.6 is 0 Å². The van der Waals surface area contributed by atoms with E-state index >= 15 is 0 Å². The van der Waals surface area contributed by atoms with Crippen molar-refractivity contribution in [3.63, 3.8) is 0 Å². The van der Waals surface area contributed by atoms with Gasteiger partial charge in [-0.2, -0.15) is 0 Å². The molecule has 0 bridgehead atoms. The van der Waals surface area contributed by atoms with Crippen molar-refractivity contribution in [3.05, 3.63) is 23.4 Å². The molecule has 0 aliphatic rings. The van der Waals surface area contributed by atoms with E-state index in [1.807, 2.05) is 32.0 Å². The first-order valence-corrected chi connectivity index (χ1v) is 3.96. The largest absolute Gasteiger partial charge is 0.411 e. The molecule has 0 radical (unpaired) electrons. The predicted molar refractivity (Wildman–Crippen MR) is 52.7 cm³/mol. The Morgan fingerprint density at radius 3 is 2.69 bits per heavy atom. The fraction of sp³-hybridized carbons (Fsp3) is 0.333. The lowest BCUT2D eigenvalue weighted by molar-refractivity contribution is 0.322. The standard InChI is InChI=1S/C9H13N3O/c1-7-4-8(6-11-13)5-10-9(7)12(2)3/h4-6,13H,1-3H3/b11-6+.